The van der Waals surface area contributed by atoms with Gasteiger partial charge in [-0.15, -0.1) is 0 Å². The van der Waals surface area contributed by atoms with E-state index >= 15 is 0 Å². The molecular formula is C26H30O. The number of ether oxygens (including phenoxy) is 1. The van der Waals surface area contributed by atoms with Crippen LogP contribution in [0.15, 0.2) is 72.8 Å². The lowest BCUT2D eigenvalue weighted by molar-refractivity contribution is 0.414. The SMILES string of the molecule is COc1ccc(C(C)(C)c2cccc(C(C)(C)c3ccc(C)cc3)c2)cc1. The lowest BCUT2D eigenvalue weighted by Crippen LogP contribution is -2.22. The predicted octanol–water partition coefficient (Wildman–Crippen LogP) is 6.66. The first-order chi connectivity index (χ1) is 12.7. The molecule has 0 spiro atoms. The first-order valence-corrected chi connectivity index (χ1v) is 9.58. The Labute approximate surface area is 164 Å². The molecule has 0 bridgehead atoms. The molecule has 0 aromatic heterocycles. The highest BCUT2D eigenvalue weighted by Gasteiger charge is 2.27. The highest BCUT2D eigenvalue weighted by molar-refractivity contribution is 5.45. The fraction of sp³-hybridized carbons (Fsp3) is 0.308. The van der Waals surface area contributed by atoms with E-state index in [1.807, 2.05) is 12.1 Å². The molecule has 27 heavy (non-hydrogen) atoms. The fourth-order valence-electron chi connectivity index (χ4n) is 3.61. The summed E-state index contributed by atoms with van der Waals surface area (Å²) in [4.78, 5) is 0. The van der Waals surface area contributed by atoms with Crippen LogP contribution >= 0.6 is 0 Å². The fourth-order valence-corrected chi connectivity index (χ4v) is 3.61. The topological polar surface area (TPSA) is 9.23 Å². The monoisotopic (exact) mass is 358 g/mol. The Hall–Kier alpha value is -2.54. The van der Waals surface area contributed by atoms with E-state index in [9.17, 15) is 0 Å². The van der Waals surface area contributed by atoms with Crippen molar-refractivity contribution in [2.45, 2.75) is 45.4 Å². The third-order valence-electron chi connectivity index (χ3n) is 5.89. The molecule has 1 nitrogen and oxygen atoms in total. The maximum absolute atomic E-state index is 5.31. The van der Waals surface area contributed by atoms with Crippen molar-refractivity contribution in [2.75, 3.05) is 7.11 Å². The third kappa shape index (κ3) is 3.78. The second-order valence-electron chi connectivity index (χ2n) is 8.43. The normalized spacial score (nSPS) is 12.1. The van der Waals surface area contributed by atoms with Crippen LogP contribution in [0.2, 0.25) is 0 Å². The lowest BCUT2D eigenvalue weighted by Gasteiger charge is -2.31. The van der Waals surface area contributed by atoms with Crippen molar-refractivity contribution in [2.24, 2.45) is 0 Å². The number of rotatable bonds is 5. The molecule has 0 saturated carbocycles. The molecular weight excluding hydrogens is 328 g/mol. The van der Waals surface area contributed by atoms with Crippen LogP contribution in [0.3, 0.4) is 0 Å². The van der Waals surface area contributed by atoms with Gasteiger partial charge >= 0.3 is 0 Å². The number of hydrogen-bond acceptors (Lipinski definition) is 1. The largest absolute Gasteiger partial charge is 0.497 e. The molecule has 3 aromatic rings. The molecule has 0 heterocycles. The molecule has 0 amide bonds. The lowest BCUT2D eigenvalue weighted by atomic mass is 9.73. The smallest absolute Gasteiger partial charge is 0.118 e. The van der Waals surface area contributed by atoms with Crippen LogP contribution in [0.5, 0.6) is 5.75 Å². The van der Waals surface area contributed by atoms with Gasteiger partial charge in [0.1, 0.15) is 5.75 Å². The van der Waals surface area contributed by atoms with Crippen LogP contribution < -0.4 is 4.74 Å². The Morgan fingerprint density at radius 2 is 1.04 bits per heavy atom. The third-order valence-corrected chi connectivity index (χ3v) is 5.89. The average molecular weight is 359 g/mol. The highest BCUT2D eigenvalue weighted by atomic mass is 16.5. The van der Waals surface area contributed by atoms with Crippen molar-refractivity contribution in [1.29, 1.82) is 0 Å². The number of methoxy groups -OCH3 is 1. The predicted molar refractivity (Wildman–Crippen MR) is 115 cm³/mol. The Morgan fingerprint density at radius 3 is 1.48 bits per heavy atom. The van der Waals surface area contributed by atoms with E-state index in [1.54, 1.807) is 7.11 Å². The van der Waals surface area contributed by atoms with Gasteiger partial charge in [-0.05, 0) is 41.3 Å². The summed E-state index contributed by atoms with van der Waals surface area (Å²) in [6.07, 6.45) is 0. The van der Waals surface area contributed by atoms with Gasteiger partial charge in [-0.3, -0.25) is 0 Å². The van der Waals surface area contributed by atoms with Gasteiger partial charge in [0.25, 0.3) is 0 Å². The molecule has 3 aromatic carbocycles. The molecule has 3 rings (SSSR count). The van der Waals surface area contributed by atoms with E-state index in [0.29, 0.717) is 0 Å². The van der Waals surface area contributed by atoms with Gasteiger partial charge in [-0.25, -0.2) is 0 Å². The summed E-state index contributed by atoms with van der Waals surface area (Å²) < 4.78 is 5.31. The summed E-state index contributed by atoms with van der Waals surface area (Å²) in [5.74, 6) is 0.892. The van der Waals surface area contributed by atoms with Crippen LogP contribution in [-0.2, 0) is 10.8 Å². The maximum atomic E-state index is 5.31. The molecule has 0 aliphatic rings. The van der Waals surface area contributed by atoms with Gasteiger partial charge in [0, 0.05) is 10.8 Å². The van der Waals surface area contributed by atoms with Crippen molar-refractivity contribution >= 4 is 0 Å². The Kier molecular flexibility index (Phi) is 5.15. The standard InChI is InChI=1S/C26H30O/c1-19-10-12-20(13-11-19)25(2,3)22-8-7-9-23(18-22)26(4,5)21-14-16-24(27-6)17-15-21/h7-18H,1-6H3. The zero-order valence-electron chi connectivity index (χ0n) is 17.3. The van der Waals surface area contributed by atoms with Gasteiger partial charge in [0.05, 0.1) is 7.11 Å². The first kappa shape index (κ1) is 19.2. The molecule has 140 valence electrons. The van der Waals surface area contributed by atoms with E-state index in [4.69, 9.17) is 4.74 Å². The molecule has 0 saturated heterocycles. The summed E-state index contributed by atoms with van der Waals surface area (Å²) in [6.45, 7) is 11.3. The van der Waals surface area contributed by atoms with Gasteiger partial charge < -0.3 is 4.74 Å². The van der Waals surface area contributed by atoms with Crippen LogP contribution in [0.1, 0.15) is 55.5 Å². The molecule has 0 radical (unpaired) electrons. The van der Waals surface area contributed by atoms with Crippen LogP contribution in [-0.4, -0.2) is 7.11 Å². The molecule has 0 aliphatic carbocycles. The molecule has 1 heteroatoms. The molecule has 0 atom stereocenters. The molecule has 0 fully saturated rings. The summed E-state index contributed by atoms with van der Waals surface area (Å²) in [7, 11) is 1.71. The number of benzene rings is 3. The first-order valence-electron chi connectivity index (χ1n) is 9.58. The summed E-state index contributed by atoms with van der Waals surface area (Å²) >= 11 is 0. The van der Waals surface area contributed by atoms with Crippen molar-refractivity contribution in [3.8, 4) is 5.75 Å². The van der Waals surface area contributed by atoms with Crippen LogP contribution in [0.4, 0.5) is 0 Å². The molecule has 0 N–H and O–H groups in total. The Bertz CT molecular complexity index is 900. The van der Waals surface area contributed by atoms with Gasteiger partial charge in [-0.1, -0.05) is 93.9 Å². The minimum Gasteiger partial charge on any atom is -0.497 e. The highest BCUT2D eigenvalue weighted by Crippen LogP contribution is 2.37. The van der Waals surface area contributed by atoms with Crippen molar-refractivity contribution < 1.29 is 4.74 Å². The van der Waals surface area contributed by atoms with E-state index < -0.39 is 0 Å². The Morgan fingerprint density at radius 1 is 0.593 bits per heavy atom. The minimum atomic E-state index is -0.0777. The van der Waals surface area contributed by atoms with Gasteiger partial charge in [-0.2, -0.15) is 0 Å². The minimum absolute atomic E-state index is 0.0420. The van der Waals surface area contributed by atoms with E-state index in [-0.39, 0.29) is 10.8 Å². The second kappa shape index (κ2) is 7.23. The van der Waals surface area contributed by atoms with Gasteiger partial charge in [0.15, 0.2) is 0 Å². The zero-order valence-corrected chi connectivity index (χ0v) is 17.3. The van der Waals surface area contributed by atoms with E-state index in [2.05, 4.69) is 95.3 Å². The van der Waals surface area contributed by atoms with Gasteiger partial charge in [0.2, 0.25) is 0 Å². The zero-order chi connectivity index (χ0) is 19.7. The second-order valence-corrected chi connectivity index (χ2v) is 8.43. The van der Waals surface area contributed by atoms with E-state index in [1.165, 1.54) is 27.8 Å². The van der Waals surface area contributed by atoms with Crippen molar-refractivity contribution in [1.82, 2.24) is 0 Å². The summed E-state index contributed by atoms with van der Waals surface area (Å²) in [5, 5.41) is 0. The quantitative estimate of drug-likeness (QED) is 0.496. The van der Waals surface area contributed by atoms with E-state index in [0.717, 1.165) is 5.75 Å². The van der Waals surface area contributed by atoms with Crippen molar-refractivity contribution in [3.05, 3.63) is 101 Å². The Balaban J connectivity index is 1.99. The average Bonchev–Trinajstić information content (AvgIpc) is 2.68. The number of aryl methyl sites for hydroxylation is 1. The molecule has 0 aliphatic heterocycles. The van der Waals surface area contributed by atoms with Crippen LogP contribution in [0, 0.1) is 6.92 Å². The summed E-state index contributed by atoms with van der Waals surface area (Å²) in [6, 6.07) is 26.3. The molecule has 0 unspecified atom stereocenters. The summed E-state index contributed by atoms with van der Waals surface area (Å²) in [5.41, 5.74) is 6.46. The maximum Gasteiger partial charge on any atom is 0.118 e. The van der Waals surface area contributed by atoms with Crippen molar-refractivity contribution in [3.63, 3.8) is 0 Å². The van der Waals surface area contributed by atoms with Crippen LogP contribution in [0.25, 0.3) is 0 Å². The number of hydrogen-bond donors (Lipinski definition) is 0.